The molecular formula is C16H26BrN3. The molecule has 2 N–H and O–H groups in total. The molecule has 112 valence electrons. The third-order valence-corrected chi connectivity index (χ3v) is 5.41. The van der Waals surface area contributed by atoms with Crippen molar-refractivity contribution in [3.63, 3.8) is 0 Å². The Hall–Kier alpha value is -0.420. The molecule has 2 atom stereocenters. The fourth-order valence-electron chi connectivity index (χ4n) is 3.13. The number of benzene rings is 1. The van der Waals surface area contributed by atoms with E-state index >= 15 is 0 Å². The molecule has 1 heterocycles. The van der Waals surface area contributed by atoms with Gasteiger partial charge in [0.15, 0.2) is 0 Å². The molecule has 0 spiro atoms. The Morgan fingerprint density at radius 3 is 2.60 bits per heavy atom. The summed E-state index contributed by atoms with van der Waals surface area (Å²) in [5, 5.41) is 0. The van der Waals surface area contributed by atoms with Gasteiger partial charge in [-0.1, -0.05) is 28.1 Å². The number of piperidine rings is 1. The maximum Gasteiger partial charge on any atom is 0.0359 e. The number of nitrogens with zero attached hydrogens (tertiary/aromatic N) is 2. The molecule has 0 amide bonds. The van der Waals surface area contributed by atoms with E-state index < -0.39 is 0 Å². The second kappa shape index (κ2) is 6.56. The van der Waals surface area contributed by atoms with Gasteiger partial charge in [-0.15, -0.1) is 0 Å². The minimum absolute atomic E-state index is 0.138. The highest BCUT2D eigenvalue weighted by Gasteiger charge is 2.39. The van der Waals surface area contributed by atoms with Crippen molar-refractivity contribution in [1.82, 2.24) is 9.80 Å². The van der Waals surface area contributed by atoms with Crippen molar-refractivity contribution in [3.05, 3.63) is 34.3 Å². The molecule has 0 saturated carbocycles. The Morgan fingerprint density at radius 1 is 1.40 bits per heavy atom. The maximum atomic E-state index is 6.16. The summed E-state index contributed by atoms with van der Waals surface area (Å²) >= 11 is 3.49. The van der Waals surface area contributed by atoms with Crippen LogP contribution >= 0.6 is 15.9 Å². The summed E-state index contributed by atoms with van der Waals surface area (Å²) in [6.07, 6.45) is 2.30. The minimum atomic E-state index is 0.138. The lowest BCUT2D eigenvalue weighted by Gasteiger charge is -2.49. The number of halogens is 1. The summed E-state index contributed by atoms with van der Waals surface area (Å²) in [7, 11) is 4.42. The van der Waals surface area contributed by atoms with Crippen LogP contribution in [0.15, 0.2) is 28.7 Å². The van der Waals surface area contributed by atoms with E-state index in [0.29, 0.717) is 6.04 Å². The lowest BCUT2D eigenvalue weighted by molar-refractivity contribution is 0.0222. The van der Waals surface area contributed by atoms with E-state index in [1.165, 1.54) is 5.56 Å². The van der Waals surface area contributed by atoms with Gasteiger partial charge in [-0.05, 0) is 58.1 Å². The van der Waals surface area contributed by atoms with E-state index in [2.05, 4.69) is 71.0 Å². The molecule has 1 saturated heterocycles. The Labute approximate surface area is 131 Å². The van der Waals surface area contributed by atoms with Crippen LogP contribution < -0.4 is 5.73 Å². The molecule has 20 heavy (non-hydrogen) atoms. The molecule has 0 aliphatic carbocycles. The van der Waals surface area contributed by atoms with Crippen LogP contribution in [0, 0.1) is 0 Å². The third kappa shape index (κ3) is 3.42. The highest BCUT2D eigenvalue weighted by Crippen LogP contribution is 2.31. The zero-order valence-corrected chi connectivity index (χ0v) is 14.4. The standard InChI is InChI=1S/C16H26BrN3/c1-13-10-16(12-18,8-9-19(13)2)20(3)11-14-4-6-15(17)7-5-14/h4-7,13H,8-12,18H2,1-3H3. The molecular weight excluding hydrogens is 314 g/mol. The fraction of sp³-hybridized carbons (Fsp3) is 0.625. The average Bonchev–Trinajstić information content (AvgIpc) is 2.44. The van der Waals surface area contributed by atoms with Crippen molar-refractivity contribution >= 4 is 15.9 Å². The summed E-state index contributed by atoms with van der Waals surface area (Å²) < 4.78 is 1.13. The van der Waals surface area contributed by atoms with Crippen LogP contribution in [0.1, 0.15) is 25.3 Å². The van der Waals surface area contributed by atoms with E-state index in [-0.39, 0.29) is 5.54 Å². The van der Waals surface area contributed by atoms with E-state index in [4.69, 9.17) is 5.73 Å². The Bertz CT molecular complexity index is 434. The zero-order chi connectivity index (χ0) is 14.8. The predicted molar refractivity (Wildman–Crippen MR) is 88.7 cm³/mol. The third-order valence-electron chi connectivity index (χ3n) is 4.88. The molecule has 3 nitrogen and oxygen atoms in total. The van der Waals surface area contributed by atoms with Crippen molar-refractivity contribution in [2.24, 2.45) is 5.73 Å². The van der Waals surface area contributed by atoms with Crippen LogP contribution in [0.3, 0.4) is 0 Å². The van der Waals surface area contributed by atoms with E-state index in [1.54, 1.807) is 0 Å². The van der Waals surface area contributed by atoms with Gasteiger partial charge >= 0.3 is 0 Å². The number of nitrogens with two attached hydrogens (primary N) is 1. The molecule has 0 radical (unpaired) electrons. The van der Waals surface area contributed by atoms with Gasteiger partial charge in [0.1, 0.15) is 0 Å². The van der Waals surface area contributed by atoms with Gasteiger partial charge in [0.05, 0.1) is 0 Å². The van der Waals surface area contributed by atoms with Gasteiger partial charge in [0, 0.05) is 29.1 Å². The first-order valence-corrected chi connectivity index (χ1v) is 8.12. The first kappa shape index (κ1) is 16.0. The minimum Gasteiger partial charge on any atom is -0.329 e. The first-order valence-electron chi connectivity index (χ1n) is 7.33. The predicted octanol–water partition coefficient (Wildman–Crippen LogP) is 2.69. The SMILES string of the molecule is CC1CC(CN)(N(C)Cc2ccc(Br)cc2)CCN1C. The molecule has 1 fully saturated rings. The fourth-order valence-corrected chi connectivity index (χ4v) is 3.40. The van der Waals surface area contributed by atoms with Gasteiger partial charge in [0.2, 0.25) is 0 Å². The molecule has 2 unspecified atom stereocenters. The normalized spacial score (nSPS) is 28.0. The molecule has 2 rings (SSSR count). The van der Waals surface area contributed by atoms with Crippen LogP contribution in [0.5, 0.6) is 0 Å². The lowest BCUT2D eigenvalue weighted by Crippen LogP contribution is -2.59. The number of rotatable bonds is 4. The molecule has 1 aliphatic rings. The van der Waals surface area contributed by atoms with Crippen LogP contribution in [0.25, 0.3) is 0 Å². The largest absolute Gasteiger partial charge is 0.329 e. The van der Waals surface area contributed by atoms with Gasteiger partial charge in [-0.25, -0.2) is 0 Å². The van der Waals surface area contributed by atoms with Gasteiger partial charge in [-0.3, -0.25) is 4.90 Å². The molecule has 1 aliphatic heterocycles. The smallest absolute Gasteiger partial charge is 0.0359 e. The van der Waals surface area contributed by atoms with E-state index in [0.717, 1.165) is 36.9 Å². The van der Waals surface area contributed by atoms with Crippen molar-refractivity contribution in [2.75, 3.05) is 27.2 Å². The quantitative estimate of drug-likeness (QED) is 0.915. The van der Waals surface area contributed by atoms with Crippen molar-refractivity contribution in [2.45, 2.75) is 37.9 Å². The van der Waals surface area contributed by atoms with Crippen molar-refractivity contribution in [1.29, 1.82) is 0 Å². The molecule has 1 aromatic carbocycles. The molecule has 0 bridgehead atoms. The summed E-state index contributed by atoms with van der Waals surface area (Å²) in [5.41, 5.74) is 7.64. The number of hydrogen-bond acceptors (Lipinski definition) is 3. The number of likely N-dealkylation sites (tertiary alicyclic amines) is 1. The van der Waals surface area contributed by atoms with Crippen molar-refractivity contribution < 1.29 is 0 Å². The lowest BCUT2D eigenvalue weighted by atomic mass is 9.82. The maximum absolute atomic E-state index is 6.16. The van der Waals surface area contributed by atoms with Crippen LogP contribution in [0.4, 0.5) is 0 Å². The summed E-state index contributed by atoms with van der Waals surface area (Å²) in [6.45, 7) is 5.12. The number of likely N-dealkylation sites (N-methyl/N-ethyl adjacent to an activating group) is 1. The first-order chi connectivity index (χ1) is 9.47. The summed E-state index contributed by atoms with van der Waals surface area (Å²) in [4.78, 5) is 4.89. The van der Waals surface area contributed by atoms with Crippen LogP contribution in [0.2, 0.25) is 0 Å². The Balaban J connectivity index is 2.09. The number of hydrogen-bond donors (Lipinski definition) is 1. The molecule has 1 aromatic rings. The molecule has 4 heteroatoms. The zero-order valence-electron chi connectivity index (χ0n) is 12.8. The summed E-state index contributed by atoms with van der Waals surface area (Å²) in [6, 6.07) is 9.18. The van der Waals surface area contributed by atoms with Gasteiger partial charge in [-0.2, -0.15) is 0 Å². The average molecular weight is 340 g/mol. The van der Waals surface area contributed by atoms with E-state index in [1.807, 2.05) is 0 Å². The van der Waals surface area contributed by atoms with Gasteiger partial charge in [0.25, 0.3) is 0 Å². The Morgan fingerprint density at radius 2 is 2.05 bits per heavy atom. The second-order valence-corrected chi connectivity index (χ2v) is 7.11. The topological polar surface area (TPSA) is 32.5 Å². The van der Waals surface area contributed by atoms with Crippen LogP contribution in [-0.2, 0) is 6.54 Å². The second-order valence-electron chi connectivity index (χ2n) is 6.19. The highest BCUT2D eigenvalue weighted by atomic mass is 79.9. The van der Waals surface area contributed by atoms with E-state index in [9.17, 15) is 0 Å². The van der Waals surface area contributed by atoms with Gasteiger partial charge < -0.3 is 10.6 Å². The van der Waals surface area contributed by atoms with Crippen LogP contribution in [-0.4, -0.2) is 48.6 Å². The Kier molecular flexibility index (Phi) is 5.24. The highest BCUT2D eigenvalue weighted by molar-refractivity contribution is 9.10. The molecule has 0 aromatic heterocycles. The summed E-state index contributed by atoms with van der Waals surface area (Å²) in [5.74, 6) is 0. The van der Waals surface area contributed by atoms with Crippen molar-refractivity contribution in [3.8, 4) is 0 Å². The monoisotopic (exact) mass is 339 g/mol.